The molecule has 0 bridgehead atoms. The number of hydrogen-bond acceptors (Lipinski definition) is 3. The first-order chi connectivity index (χ1) is 9.69. The van der Waals surface area contributed by atoms with Gasteiger partial charge in [-0.25, -0.2) is 0 Å². The Balaban J connectivity index is 1.89. The van der Waals surface area contributed by atoms with Gasteiger partial charge in [0.25, 0.3) is 0 Å². The summed E-state index contributed by atoms with van der Waals surface area (Å²) in [4.78, 5) is 1.27. The number of thiophene rings is 1. The number of halogens is 1. The van der Waals surface area contributed by atoms with E-state index in [-0.39, 0.29) is 0 Å². The lowest BCUT2D eigenvalue weighted by Crippen LogP contribution is -2.22. The average Bonchev–Trinajstić information content (AvgIpc) is 2.84. The third-order valence-electron chi connectivity index (χ3n) is 3.05. The normalized spacial score (nSPS) is 12.3. The fourth-order valence-corrected chi connectivity index (χ4v) is 3.28. The predicted octanol–water partition coefficient (Wildman–Crippen LogP) is 4.83. The fraction of sp³-hybridized carbons (Fsp3) is 0.375. The Morgan fingerprint density at radius 1 is 1.30 bits per heavy atom. The van der Waals surface area contributed by atoms with Crippen LogP contribution >= 0.6 is 22.9 Å². The van der Waals surface area contributed by atoms with Crippen molar-refractivity contribution < 1.29 is 4.74 Å². The molecule has 1 heterocycles. The van der Waals surface area contributed by atoms with Crippen LogP contribution in [0.1, 0.15) is 29.8 Å². The van der Waals surface area contributed by atoms with E-state index in [4.69, 9.17) is 16.3 Å². The molecule has 0 aliphatic carbocycles. The zero-order chi connectivity index (χ0) is 14.4. The van der Waals surface area contributed by atoms with E-state index < -0.39 is 0 Å². The van der Waals surface area contributed by atoms with E-state index in [0.717, 1.165) is 23.1 Å². The Labute approximate surface area is 129 Å². The molecule has 1 unspecified atom stereocenters. The highest BCUT2D eigenvalue weighted by Gasteiger charge is 2.12. The quantitative estimate of drug-likeness (QED) is 0.791. The molecule has 108 valence electrons. The van der Waals surface area contributed by atoms with Gasteiger partial charge in [-0.05, 0) is 43.3 Å². The molecule has 0 aliphatic heterocycles. The second kappa shape index (κ2) is 7.67. The van der Waals surface area contributed by atoms with Crippen molar-refractivity contribution in [1.82, 2.24) is 5.32 Å². The Kier molecular flexibility index (Phi) is 5.89. The summed E-state index contributed by atoms with van der Waals surface area (Å²) in [5.74, 6) is 0.935. The lowest BCUT2D eigenvalue weighted by Gasteiger charge is -2.16. The van der Waals surface area contributed by atoms with Crippen molar-refractivity contribution in [2.24, 2.45) is 0 Å². The van der Waals surface area contributed by atoms with Gasteiger partial charge in [-0.15, -0.1) is 11.3 Å². The number of rotatable bonds is 7. The van der Waals surface area contributed by atoms with E-state index in [1.165, 1.54) is 10.4 Å². The van der Waals surface area contributed by atoms with Gasteiger partial charge >= 0.3 is 0 Å². The Morgan fingerprint density at radius 3 is 2.80 bits per heavy atom. The Bertz CT molecular complexity index is 541. The largest absolute Gasteiger partial charge is 0.494 e. The number of hydrogen-bond donors (Lipinski definition) is 1. The molecule has 0 saturated carbocycles. The molecule has 4 heteroatoms. The molecule has 2 aromatic rings. The molecule has 1 aromatic carbocycles. The molecule has 0 fully saturated rings. The van der Waals surface area contributed by atoms with E-state index in [9.17, 15) is 0 Å². The van der Waals surface area contributed by atoms with Gasteiger partial charge in [0.2, 0.25) is 0 Å². The van der Waals surface area contributed by atoms with E-state index in [1.807, 2.05) is 18.2 Å². The minimum Gasteiger partial charge on any atom is -0.494 e. The Hall–Kier alpha value is -1.03. The van der Waals surface area contributed by atoms with E-state index in [0.29, 0.717) is 12.6 Å². The lowest BCUT2D eigenvalue weighted by atomic mass is 10.2. The molecule has 0 aliphatic rings. The van der Waals surface area contributed by atoms with Gasteiger partial charge in [0.15, 0.2) is 0 Å². The predicted molar refractivity (Wildman–Crippen MR) is 87.0 cm³/mol. The number of nitrogens with one attached hydrogen (secondary N) is 1. The minimum absolute atomic E-state index is 0.308. The van der Waals surface area contributed by atoms with Gasteiger partial charge < -0.3 is 10.1 Å². The molecular formula is C16H20ClNOS. The van der Waals surface area contributed by atoms with Crippen LogP contribution in [0.15, 0.2) is 36.4 Å². The minimum atomic E-state index is 0.308. The van der Waals surface area contributed by atoms with E-state index >= 15 is 0 Å². The summed E-state index contributed by atoms with van der Waals surface area (Å²) in [7, 11) is 0. The molecule has 0 amide bonds. The summed E-state index contributed by atoms with van der Waals surface area (Å²) < 4.78 is 6.66. The fourth-order valence-electron chi connectivity index (χ4n) is 2.11. The van der Waals surface area contributed by atoms with Crippen LogP contribution in [0, 0.1) is 6.92 Å². The van der Waals surface area contributed by atoms with Gasteiger partial charge in [-0.1, -0.05) is 30.7 Å². The maximum Gasteiger partial charge on any atom is 0.119 e. The summed E-state index contributed by atoms with van der Waals surface area (Å²) in [6, 6.07) is 12.5. The first-order valence-electron chi connectivity index (χ1n) is 6.87. The van der Waals surface area contributed by atoms with Gasteiger partial charge in [0.05, 0.1) is 10.9 Å². The average molecular weight is 310 g/mol. The highest BCUT2D eigenvalue weighted by Crippen LogP contribution is 2.28. The second-order valence-corrected chi connectivity index (χ2v) is 6.45. The topological polar surface area (TPSA) is 21.3 Å². The summed E-state index contributed by atoms with van der Waals surface area (Å²) in [6.45, 7) is 5.81. The van der Waals surface area contributed by atoms with E-state index in [2.05, 4.69) is 37.4 Å². The van der Waals surface area contributed by atoms with Crippen LogP contribution in [0.25, 0.3) is 0 Å². The molecule has 2 nitrogen and oxygen atoms in total. The molecule has 1 atom stereocenters. The summed E-state index contributed by atoms with van der Waals surface area (Å²) in [5, 5.41) is 3.48. The monoisotopic (exact) mass is 309 g/mol. The third-order valence-corrected chi connectivity index (χ3v) is 4.40. The van der Waals surface area contributed by atoms with E-state index in [1.54, 1.807) is 11.3 Å². The van der Waals surface area contributed by atoms with Crippen molar-refractivity contribution in [3.8, 4) is 5.75 Å². The van der Waals surface area contributed by atoms with Crippen molar-refractivity contribution in [2.45, 2.75) is 26.3 Å². The zero-order valence-corrected chi connectivity index (χ0v) is 13.4. The smallest absolute Gasteiger partial charge is 0.119 e. The zero-order valence-electron chi connectivity index (χ0n) is 11.9. The number of aryl methyl sites for hydroxylation is 1. The van der Waals surface area contributed by atoms with Crippen LogP contribution in [0.3, 0.4) is 0 Å². The standard InChI is InChI=1S/C16H20ClNOS/c1-3-18-14(15-7-8-16(17)20-15)9-10-19-13-6-4-5-12(2)11-13/h4-8,11,14,18H,3,9-10H2,1-2H3. The molecule has 0 radical (unpaired) electrons. The van der Waals surface area contributed by atoms with Crippen LogP contribution in [0.5, 0.6) is 5.75 Å². The van der Waals surface area contributed by atoms with Crippen molar-refractivity contribution in [3.05, 3.63) is 51.2 Å². The molecule has 1 N–H and O–H groups in total. The SMILES string of the molecule is CCNC(CCOc1cccc(C)c1)c1ccc(Cl)s1. The highest BCUT2D eigenvalue weighted by atomic mass is 35.5. The van der Waals surface area contributed by atoms with Gasteiger partial charge in [-0.2, -0.15) is 0 Å². The van der Waals surface area contributed by atoms with Crippen LogP contribution in [-0.4, -0.2) is 13.2 Å². The number of ether oxygens (including phenoxy) is 1. The van der Waals surface area contributed by atoms with Crippen LogP contribution < -0.4 is 10.1 Å². The van der Waals surface area contributed by atoms with Crippen molar-refractivity contribution >= 4 is 22.9 Å². The van der Waals surface area contributed by atoms with Crippen molar-refractivity contribution in [3.63, 3.8) is 0 Å². The maximum absolute atomic E-state index is 6.01. The summed E-state index contributed by atoms with van der Waals surface area (Å²) in [5.41, 5.74) is 1.22. The highest BCUT2D eigenvalue weighted by molar-refractivity contribution is 7.16. The summed E-state index contributed by atoms with van der Waals surface area (Å²) in [6.07, 6.45) is 0.929. The molecule has 1 aromatic heterocycles. The van der Waals surface area contributed by atoms with Crippen molar-refractivity contribution in [1.29, 1.82) is 0 Å². The van der Waals surface area contributed by atoms with Crippen molar-refractivity contribution in [2.75, 3.05) is 13.2 Å². The third kappa shape index (κ3) is 4.51. The molecule has 0 spiro atoms. The maximum atomic E-state index is 6.01. The first-order valence-corrected chi connectivity index (χ1v) is 8.06. The molecular weight excluding hydrogens is 290 g/mol. The molecule has 0 saturated heterocycles. The molecule has 2 rings (SSSR count). The van der Waals surface area contributed by atoms with Crippen LogP contribution in [-0.2, 0) is 0 Å². The van der Waals surface area contributed by atoms with Gasteiger partial charge in [0.1, 0.15) is 5.75 Å². The molecule has 20 heavy (non-hydrogen) atoms. The Morgan fingerprint density at radius 2 is 2.15 bits per heavy atom. The summed E-state index contributed by atoms with van der Waals surface area (Å²) >= 11 is 7.64. The first kappa shape index (κ1) is 15.4. The lowest BCUT2D eigenvalue weighted by molar-refractivity contribution is 0.288. The van der Waals surface area contributed by atoms with Crippen LogP contribution in [0.2, 0.25) is 4.34 Å². The van der Waals surface area contributed by atoms with Gasteiger partial charge in [0, 0.05) is 17.3 Å². The van der Waals surface area contributed by atoms with Crippen LogP contribution in [0.4, 0.5) is 0 Å². The number of benzene rings is 1. The van der Waals surface area contributed by atoms with Gasteiger partial charge in [-0.3, -0.25) is 0 Å². The second-order valence-electron chi connectivity index (χ2n) is 4.71.